The smallest absolute Gasteiger partial charge is 0.345 e. The lowest BCUT2D eigenvalue weighted by atomic mass is 9.91. The van der Waals surface area contributed by atoms with Crippen molar-refractivity contribution < 1.29 is 22.4 Å². The summed E-state index contributed by atoms with van der Waals surface area (Å²) in [6.07, 6.45) is -0.560. The van der Waals surface area contributed by atoms with E-state index >= 15 is 0 Å². The number of carbonyl (C=O) groups is 1. The number of hydrogen-bond donors (Lipinski definition) is 2. The van der Waals surface area contributed by atoms with E-state index < -0.39 is 24.7 Å². The Morgan fingerprint density at radius 3 is 2.89 bits per heavy atom. The molecule has 3 aromatic rings. The summed E-state index contributed by atoms with van der Waals surface area (Å²) >= 11 is 0. The number of alkyl halides is 3. The van der Waals surface area contributed by atoms with E-state index in [1.165, 1.54) is 4.90 Å². The number of hydrogen-bond acceptors (Lipinski definition) is 3. The van der Waals surface area contributed by atoms with Gasteiger partial charge in [0, 0.05) is 37.1 Å². The summed E-state index contributed by atoms with van der Waals surface area (Å²) in [5, 5.41) is 1.91. The SMILES string of the molecule is CC[C@@H]1CN(C(=O)NCC(F)(F)F)C[C@H]1c1cnc2c(F)nc3[nH]ccc3n12. The van der Waals surface area contributed by atoms with Gasteiger partial charge < -0.3 is 15.2 Å². The number of urea groups is 1. The second-order valence-corrected chi connectivity index (χ2v) is 6.91. The molecule has 7 nitrogen and oxygen atoms in total. The number of aromatic nitrogens is 4. The van der Waals surface area contributed by atoms with Crippen LogP contribution in [0.2, 0.25) is 0 Å². The van der Waals surface area contributed by atoms with Crippen LogP contribution in [0.5, 0.6) is 0 Å². The summed E-state index contributed by atoms with van der Waals surface area (Å²) in [7, 11) is 0. The zero-order valence-electron chi connectivity index (χ0n) is 14.9. The monoisotopic (exact) mass is 398 g/mol. The summed E-state index contributed by atoms with van der Waals surface area (Å²) in [5.41, 5.74) is 1.81. The van der Waals surface area contributed by atoms with Crippen molar-refractivity contribution in [1.82, 2.24) is 29.6 Å². The number of carbonyl (C=O) groups excluding carboxylic acids is 1. The zero-order chi connectivity index (χ0) is 20.1. The van der Waals surface area contributed by atoms with E-state index in [2.05, 4.69) is 15.0 Å². The van der Waals surface area contributed by atoms with Crippen molar-refractivity contribution in [3.05, 3.63) is 30.1 Å². The summed E-state index contributed by atoms with van der Waals surface area (Å²) in [6.45, 7) is 1.13. The highest BCUT2D eigenvalue weighted by Gasteiger charge is 2.38. The third kappa shape index (κ3) is 3.14. The van der Waals surface area contributed by atoms with Gasteiger partial charge in [0.25, 0.3) is 5.95 Å². The predicted molar refractivity (Wildman–Crippen MR) is 92.4 cm³/mol. The molecule has 1 saturated heterocycles. The van der Waals surface area contributed by atoms with Gasteiger partial charge in [-0.25, -0.2) is 9.78 Å². The minimum Gasteiger partial charge on any atom is -0.345 e. The largest absolute Gasteiger partial charge is 0.405 e. The Bertz CT molecular complexity index is 1030. The number of likely N-dealkylation sites (tertiary alicyclic amines) is 1. The van der Waals surface area contributed by atoms with Crippen molar-refractivity contribution in [2.75, 3.05) is 19.6 Å². The summed E-state index contributed by atoms with van der Waals surface area (Å²) in [4.78, 5) is 24.4. The number of rotatable bonds is 3. The molecule has 3 aromatic heterocycles. The molecule has 0 spiro atoms. The van der Waals surface area contributed by atoms with Gasteiger partial charge in [0.1, 0.15) is 6.54 Å². The van der Waals surface area contributed by atoms with Crippen LogP contribution in [0.15, 0.2) is 18.5 Å². The molecule has 28 heavy (non-hydrogen) atoms. The fourth-order valence-corrected chi connectivity index (χ4v) is 3.87. The number of amides is 2. The molecule has 0 saturated carbocycles. The van der Waals surface area contributed by atoms with Gasteiger partial charge in [-0.2, -0.15) is 22.5 Å². The minimum atomic E-state index is -4.47. The van der Waals surface area contributed by atoms with E-state index in [-0.39, 0.29) is 24.0 Å². The lowest BCUT2D eigenvalue weighted by Gasteiger charge is -2.18. The van der Waals surface area contributed by atoms with Crippen LogP contribution in [0.4, 0.5) is 22.4 Å². The first-order valence-corrected chi connectivity index (χ1v) is 8.88. The number of halogens is 4. The van der Waals surface area contributed by atoms with Gasteiger partial charge in [0.05, 0.1) is 5.52 Å². The molecule has 2 amide bonds. The summed E-state index contributed by atoms with van der Waals surface area (Å²) in [6, 6.07) is 0.996. The second kappa shape index (κ2) is 6.64. The molecule has 0 aromatic carbocycles. The fourth-order valence-electron chi connectivity index (χ4n) is 3.87. The van der Waals surface area contributed by atoms with Crippen LogP contribution < -0.4 is 5.32 Å². The molecule has 2 atom stereocenters. The first kappa shape index (κ1) is 18.5. The molecular weight excluding hydrogens is 380 g/mol. The molecule has 0 bridgehead atoms. The van der Waals surface area contributed by atoms with Gasteiger partial charge in [-0.3, -0.25) is 4.40 Å². The Labute approximate surface area is 156 Å². The lowest BCUT2D eigenvalue weighted by molar-refractivity contribution is -0.123. The lowest BCUT2D eigenvalue weighted by Crippen LogP contribution is -2.42. The summed E-state index contributed by atoms with van der Waals surface area (Å²) < 4.78 is 53.1. The Morgan fingerprint density at radius 1 is 1.39 bits per heavy atom. The average Bonchev–Trinajstić information content (AvgIpc) is 3.35. The normalized spacial score (nSPS) is 20.4. The highest BCUT2D eigenvalue weighted by molar-refractivity contribution is 5.76. The quantitative estimate of drug-likeness (QED) is 0.666. The summed E-state index contributed by atoms with van der Waals surface area (Å²) in [5.74, 6) is -0.884. The first-order chi connectivity index (χ1) is 13.3. The van der Waals surface area contributed by atoms with Crippen molar-refractivity contribution in [1.29, 1.82) is 0 Å². The molecule has 2 N–H and O–H groups in total. The fraction of sp³-hybridized carbons (Fsp3) is 0.471. The standard InChI is InChI=1S/C17H18F4N6O/c1-2-9-6-26(16(28)24-8-17(19,20)21)7-10(9)12-5-23-15-13(18)25-14-11(27(12)15)3-4-22-14/h3-5,9-10,22H,2,6-8H2,1H3,(H,24,28)/t9-,10-/m1/s1. The number of aromatic amines is 1. The molecule has 0 unspecified atom stereocenters. The molecule has 4 heterocycles. The number of fused-ring (bicyclic) bond motifs is 3. The maximum absolute atomic E-state index is 14.3. The van der Waals surface area contributed by atoms with E-state index in [1.807, 2.05) is 12.2 Å². The van der Waals surface area contributed by atoms with Gasteiger partial charge in [-0.05, 0) is 12.0 Å². The van der Waals surface area contributed by atoms with E-state index in [0.717, 1.165) is 0 Å². The Balaban J connectivity index is 1.66. The minimum absolute atomic E-state index is 0.0155. The van der Waals surface area contributed by atoms with Crippen molar-refractivity contribution in [3.8, 4) is 0 Å². The van der Waals surface area contributed by atoms with Crippen LogP contribution in [0.3, 0.4) is 0 Å². The molecule has 4 rings (SSSR count). The van der Waals surface area contributed by atoms with Gasteiger partial charge in [-0.1, -0.05) is 13.3 Å². The first-order valence-electron chi connectivity index (χ1n) is 8.88. The van der Waals surface area contributed by atoms with Crippen LogP contribution in [-0.4, -0.2) is 56.1 Å². The molecule has 1 aliphatic heterocycles. The molecule has 1 aliphatic rings. The molecule has 1 fully saturated rings. The van der Waals surface area contributed by atoms with E-state index in [0.29, 0.717) is 29.8 Å². The van der Waals surface area contributed by atoms with Crippen molar-refractivity contribution in [2.45, 2.75) is 25.4 Å². The van der Waals surface area contributed by atoms with Crippen molar-refractivity contribution in [2.24, 2.45) is 5.92 Å². The van der Waals surface area contributed by atoms with Crippen LogP contribution in [0.1, 0.15) is 25.0 Å². The molecule has 0 radical (unpaired) electrons. The Morgan fingerprint density at radius 2 is 2.18 bits per heavy atom. The van der Waals surface area contributed by atoms with E-state index in [9.17, 15) is 22.4 Å². The van der Waals surface area contributed by atoms with Gasteiger partial charge in [0.15, 0.2) is 11.3 Å². The second-order valence-electron chi connectivity index (χ2n) is 6.91. The van der Waals surface area contributed by atoms with Crippen molar-refractivity contribution >= 4 is 22.8 Å². The molecule has 150 valence electrons. The third-order valence-corrected chi connectivity index (χ3v) is 5.20. The molecule has 0 aliphatic carbocycles. The Kier molecular flexibility index (Phi) is 4.39. The van der Waals surface area contributed by atoms with Crippen molar-refractivity contribution in [3.63, 3.8) is 0 Å². The van der Waals surface area contributed by atoms with E-state index in [1.54, 1.807) is 22.9 Å². The highest BCUT2D eigenvalue weighted by Crippen LogP contribution is 2.36. The number of imidazole rings is 1. The van der Waals surface area contributed by atoms with Gasteiger partial charge in [0.2, 0.25) is 0 Å². The predicted octanol–water partition coefficient (Wildman–Crippen LogP) is 3.05. The third-order valence-electron chi connectivity index (χ3n) is 5.20. The van der Waals surface area contributed by atoms with Crippen LogP contribution in [0, 0.1) is 11.9 Å². The van der Waals surface area contributed by atoms with Crippen LogP contribution in [-0.2, 0) is 0 Å². The van der Waals surface area contributed by atoms with Crippen LogP contribution >= 0.6 is 0 Å². The van der Waals surface area contributed by atoms with Gasteiger partial charge >= 0.3 is 12.2 Å². The number of nitrogens with zero attached hydrogens (tertiary/aromatic N) is 4. The number of nitrogens with one attached hydrogen (secondary N) is 2. The van der Waals surface area contributed by atoms with Crippen LogP contribution in [0.25, 0.3) is 16.8 Å². The van der Waals surface area contributed by atoms with E-state index in [4.69, 9.17) is 0 Å². The van der Waals surface area contributed by atoms with Gasteiger partial charge in [-0.15, -0.1) is 0 Å². The zero-order valence-corrected chi connectivity index (χ0v) is 14.9. The highest BCUT2D eigenvalue weighted by atomic mass is 19.4. The maximum Gasteiger partial charge on any atom is 0.405 e. The Hall–Kier alpha value is -2.85. The number of H-pyrrole nitrogens is 1. The maximum atomic E-state index is 14.3. The topological polar surface area (TPSA) is 78.3 Å². The average molecular weight is 398 g/mol. The molecule has 11 heteroatoms. The molecular formula is C17H18F4N6O.